The van der Waals surface area contributed by atoms with Gasteiger partial charge < -0.3 is 19.6 Å². The third kappa shape index (κ3) is 4.05. The molecular formula is C23H22N4O4. The first-order valence-electron chi connectivity index (χ1n) is 9.80. The van der Waals surface area contributed by atoms with Gasteiger partial charge in [0.05, 0.1) is 29.5 Å². The maximum absolute atomic E-state index is 12.9. The van der Waals surface area contributed by atoms with E-state index in [1.807, 2.05) is 32.9 Å². The average Bonchev–Trinajstić information content (AvgIpc) is 3.38. The van der Waals surface area contributed by atoms with Crippen LogP contribution in [0.4, 0.5) is 5.69 Å². The second-order valence-electron chi connectivity index (χ2n) is 7.49. The van der Waals surface area contributed by atoms with Crippen molar-refractivity contribution in [2.24, 2.45) is 0 Å². The smallest absolute Gasteiger partial charge is 0.259 e. The average molecular weight is 418 g/mol. The van der Waals surface area contributed by atoms with E-state index in [1.165, 1.54) is 6.26 Å². The molecule has 0 atom stereocenters. The SMILES string of the molecule is Cc1cc(C)c(NC(=O)CNC(=O)c2cc(-c3ccco3)nc3onc(C)c23)c(C)c1. The molecule has 3 aromatic heterocycles. The first kappa shape index (κ1) is 20.3. The van der Waals surface area contributed by atoms with Crippen LogP contribution < -0.4 is 10.6 Å². The van der Waals surface area contributed by atoms with Crippen molar-refractivity contribution in [3.8, 4) is 11.5 Å². The second-order valence-corrected chi connectivity index (χ2v) is 7.49. The highest BCUT2D eigenvalue weighted by Gasteiger charge is 2.20. The zero-order valence-corrected chi connectivity index (χ0v) is 17.7. The van der Waals surface area contributed by atoms with E-state index in [9.17, 15) is 9.59 Å². The van der Waals surface area contributed by atoms with Gasteiger partial charge in [0.1, 0.15) is 5.69 Å². The molecule has 0 bridgehead atoms. The van der Waals surface area contributed by atoms with Crippen LogP contribution in [-0.4, -0.2) is 28.5 Å². The molecule has 2 amide bonds. The predicted octanol–water partition coefficient (Wildman–Crippen LogP) is 4.08. The molecule has 0 aliphatic heterocycles. The number of hydrogen-bond acceptors (Lipinski definition) is 6. The van der Waals surface area contributed by atoms with Crippen molar-refractivity contribution in [1.29, 1.82) is 0 Å². The number of rotatable bonds is 5. The maximum atomic E-state index is 12.9. The number of amides is 2. The van der Waals surface area contributed by atoms with Crippen molar-refractivity contribution < 1.29 is 18.5 Å². The monoisotopic (exact) mass is 418 g/mol. The summed E-state index contributed by atoms with van der Waals surface area (Å²) in [4.78, 5) is 29.8. The highest BCUT2D eigenvalue weighted by atomic mass is 16.5. The fraction of sp³-hybridized carbons (Fsp3) is 0.217. The topological polar surface area (TPSA) is 110 Å². The summed E-state index contributed by atoms with van der Waals surface area (Å²) in [7, 11) is 0. The molecule has 0 unspecified atom stereocenters. The molecule has 0 aliphatic carbocycles. The van der Waals surface area contributed by atoms with Crippen LogP contribution in [0.2, 0.25) is 0 Å². The molecule has 0 aliphatic rings. The van der Waals surface area contributed by atoms with Gasteiger partial charge in [-0.2, -0.15) is 0 Å². The predicted molar refractivity (Wildman–Crippen MR) is 116 cm³/mol. The molecule has 4 rings (SSSR count). The van der Waals surface area contributed by atoms with Gasteiger partial charge in [-0.1, -0.05) is 22.9 Å². The van der Waals surface area contributed by atoms with Crippen LogP contribution in [0.3, 0.4) is 0 Å². The van der Waals surface area contributed by atoms with Crippen LogP contribution in [0, 0.1) is 27.7 Å². The molecule has 8 heteroatoms. The summed E-state index contributed by atoms with van der Waals surface area (Å²) in [6, 6.07) is 9.07. The van der Waals surface area contributed by atoms with Gasteiger partial charge >= 0.3 is 0 Å². The molecule has 158 valence electrons. The lowest BCUT2D eigenvalue weighted by Gasteiger charge is -2.13. The molecule has 2 N–H and O–H groups in total. The summed E-state index contributed by atoms with van der Waals surface area (Å²) in [6.45, 7) is 7.42. The van der Waals surface area contributed by atoms with Crippen LogP contribution >= 0.6 is 0 Å². The molecule has 0 spiro atoms. The van der Waals surface area contributed by atoms with E-state index in [-0.39, 0.29) is 18.2 Å². The van der Waals surface area contributed by atoms with Gasteiger partial charge in [0, 0.05) is 5.69 Å². The number of fused-ring (bicyclic) bond motifs is 1. The minimum Gasteiger partial charge on any atom is -0.463 e. The van der Waals surface area contributed by atoms with E-state index in [0.29, 0.717) is 28.1 Å². The molecule has 0 fully saturated rings. The molecule has 8 nitrogen and oxygen atoms in total. The molecule has 3 heterocycles. The Hall–Kier alpha value is -3.94. The minimum atomic E-state index is -0.431. The fourth-order valence-corrected chi connectivity index (χ4v) is 3.64. The van der Waals surface area contributed by atoms with E-state index in [0.717, 1.165) is 22.4 Å². The standard InChI is InChI=1S/C23H22N4O4/c1-12-8-13(2)21(14(3)9-12)26-19(28)11-24-22(29)16-10-17(18-6-5-7-30-18)25-23-20(16)15(4)27-31-23/h5-10H,11H2,1-4H3,(H,24,29)(H,26,28). The van der Waals surface area contributed by atoms with Gasteiger partial charge in [-0.15, -0.1) is 0 Å². The second kappa shape index (κ2) is 8.06. The van der Waals surface area contributed by atoms with Crippen LogP contribution in [0.5, 0.6) is 0 Å². The first-order valence-corrected chi connectivity index (χ1v) is 9.80. The Morgan fingerprint density at radius 2 is 1.81 bits per heavy atom. The van der Waals surface area contributed by atoms with Crippen LogP contribution in [0.15, 0.2) is 45.5 Å². The quantitative estimate of drug-likeness (QED) is 0.505. The summed E-state index contributed by atoms with van der Waals surface area (Å²) < 4.78 is 10.6. The van der Waals surface area contributed by atoms with Crippen LogP contribution in [0.25, 0.3) is 22.6 Å². The summed E-state index contributed by atoms with van der Waals surface area (Å²) in [5, 5.41) is 9.96. The van der Waals surface area contributed by atoms with Crippen LogP contribution in [-0.2, 0) is 4.79 Å². The first-order chi connectivity index (χ1) is 14.8. The van der Waals surface area contributed by atoms with E-state index < -0.39 is 5.91 Å². The van der Waals surface area contributed by atoms with Crippen molar-refractivity contribution in [2.45, 2.75) is 27.7 Å². The third-order valence-corrected chi connectivity index (χ3v) is 4.99. The van der Waals surface area contributed by atoms with E-state index >= 15 is 0 Å². The van der Waals surface area contributed by atoms with E-state index in [4.69, 9.17) is 8.94 Å². The minimum absolute atomic E-state index is 0.185. The Labute approximate surface area is 178 Å². The zero-order valence-electron chi connectivity index (χ0n) is 17.7. The molecule has 0 saturated heterocycles. The number of carbonyl (C=O) groups is 2. The Kier molecular flexibility index (Phi) is 5.29. The third-order valence-electron chi connectivity index (χ3n) is 4.99. The van der Waals surface area contributed by atoms with Gasteiger partial charge in [0.15, 0.2) is 5.76 Å². The summed E-state index contributed by atoms with van der Waals surface area (Å²) >= 11 is 0. The fourth-order valence-electron chi connectivity index (χ4n) is 3.64. The van der Waals surface area contributed by atoms with Gasteiger partial charge in [-0.25, -0.2) is 4.98 Å². The molecule has 1 aromatic carbocycles. The lowest BCUT2D eigenvalue weighted by atomic mass is 10.1. The summed E-state index contributed by atoms with van der Waals surface area (Å²) in [6.07, 6.45) is 1.52. The number of nitrogens with one attached hydrogen (secondary N) is 2. The number of hydrogen-bond donors (Lipinski definition) is 2. The van der Waals surface area contributed by atoms with Gasteiger partial charge in [0.25, 0.3) is 11.6 Å². The summed E-state index contributed by atoms with van der Waals surface area (Å²) in [5.74, 6) is -0.255. The highest BCUT2D eigenvalue weighted by Crippen LogP contribution is 2.27. The largest absolute Gasteiger partial charge is 0.463 e. The van der Waals surface area contributed by atoms with Crippen LogP contribution in [0.1, 0.15) is 32.7 Å². The Balaban J connectivity index is 1.55. The number of carbonyl (C=O) groups excluding carboxylic acids is 2. The molecule has 0 saturated carbocycles. The molecular weight excluding hydrogens is 396 g/mol. The van der Waals surface area contributed by atoms with Gasteiger partial charge in [-0.05, 0) is 57.0 Å². The molecule has 4 aromatic rings. The number of aryl methyl sites for hydroxylation is 4. The Morgan fingerprint density at radius 1 is 1.06 bits per heavy atom. The van der Waals surface area contributed by atoms with E-state index in [2.05, 4.69) is 20.8 Å². The number of furan rings is 1. The van der Waals surface area contributed by atoms with Crippen molar-refractivity contribution in [2.75, 3.05) is 11.9 Å². The zero-order chi connectivity index (χ0) is 22.1. The number of benzene rings is 1. The molecule has 31 heavy (non-hydrogen) atoms. The maximum Gasteiger partial charge on any atom is 0.259 e. The number of anilines is 1. The lowest BCUT2D eigenvalue weighted by Crippen LogP contribution is -2.33. The summed E-state index contributed by atoms with van der Waals surface area (Å²) in [5.41, 5.74) is 5.33. The van der Waals surface area contributed by atoms with Crippen molar-refractivity contribution in [1.82, 2.24) is 15.5 Å². The Bertz CT molecular complexity index is 1270. The number of aromatic nitrogens is 2. The van der Waals surface area contributed by atoms with Crippen molar-refractivity contribution >= 4 is 28.6 Å². The lowest BCUT2D eigenvalue weighted by molar-refractivity contribution is -0.115. The normalized spacial score (nSPS) is 11.0. The van der Waals surface area contributed by atoms with Crippen molar-refractivity contribution in [3.05, 3.63) is 64.5 Å². The number of nitrogens with zero attached hydrogens (tertiary/aromatic N) is 2. The number of pyridine rings is 1. The van der Waals surface area contributed by atoms with Crippen molar-refractivity contribution in [3.63, 3.8) is 0 Å². The van der Waals surface area contributed by atoms with Gasteiger partial charge in [0.2, 0.25) is 5.91 Å². The van der Waals surface area contributed by atoms with E-state index in [1.54, 1.807) is 25.1 Å². The molecule has 0 radical (unpaired) electrons. The highest BCUT2D eigenvalue weighted by molar-refractivity contribution is 6.08. The Morgan fingerprint density at radius 3 is 2.48 bits per heavy atom. The van der Waals surface area contributed by atoms with Gasteiger partial charge in [-0.3, -0.25) is 9.59 Å².